The van der Waals surface area contributed by atoms with Gasteiger partial charge in [-0.2, -0.15) is 5.10 Å². The average Bonchev–Trinajstić information content (AvgIpc) is 2.97. The molecule has 1 atom stereocenters. The molecule has 1 aliphatic heterocycles. The Bertz CT molecular complexity index is 724. The highest BCUT2D eigenvalue weighted by atomic mass is 16.5. The molecule has 1 N–H and O–H groups in total. The molecule has 0 aromatic carbocycles. The normalized spacial score (nSPS) is 22.8. The zero-order chi connectivity index (χ0) is 18.7. The van der Waals surface area contributed by atoms with E-state index >= 15 is 0 Å². The van der Waals surface area contributed by atoms with Crippen LogP contribution in [0, 0.1) is 12.3 Å². The molecule has 1 aromatic heterocycles. The maximum absolute atomic E-state index is 12.6. The molecular formula is C19H28N4O3. The lowest BCUT2D eigenvalue weighted by molar-refractivity contribution is -0.134. The summed E-state index contributed by atoms with van der Waals surface area (Å²) >= 11 is 0. The van der Waals surface area contributed by atoms with Gasteiger partial charge in [-0.05, 0) is 38.7 Å². The molecule has 0 radical (unpaired) electrons. The number of ether oxygens (including phenoxy) is 1. The number of nitrogens with zero attached hydrogens (tertiary/aromatic N) is 3. The van der Waals surface area contributed by atoms with Crippen LogP contribution >= 0.6 is 0 Å². The SMILES string of the molecule is COCCN1C(=O)CCC2(CNC(=O)c3cc(C)nn3C)CCCC=C12. The summed E-state index contributed by atoms with van der Waals surface area (Å²) < 4.78 is 6.78. The van der Waals surface area contributed by atoms with Gasteiger partial charge in [0, 0.05) is 44.8 Å². The number of allylic oxidation sites excluding steroid dienone is 1. The predicted molar refractivity (Wildman–Crippen MR) is 97.5 cm³/mol. The second kappa shape index (κ2) is 7.61. The van der Waals surface area contributed by atoms with E-state index in [0.717, 1.165) is 37.1 Å². The Morgan fingerprint density at radius 3 is 2.92 bits per heavy atom. The molecule has 0 bridgehead atoms. The fraction of sp³-hybridized carbons (Fsp3) is 0.632. The van der Waals surface area contributed by atoms with Crippen LogP contribution < -0.4 is 5.32 Å². The van der Waals surface area contributed by atoms with Gasteiger partial charge in [-0.25, -0.2) is 0 Å². The van der Waals surface area contributed by atoms with E-state index in [0.29, 0.717) is 31.8 Å². The summed E-state index contributed by atoms with van der Waals surface area (Å²) in [6.45, 7) is 3.49. The highest BCUT2D eigenvalue weighted by molar-refractivity contribution is 5.92. The van der Waals surface area contributed by atoms with Crippen molar-refractivity contribution in [3.63, 3.8) is 0 Å². The lowest BCUT2D eigenvalue weighted by Gasteiger charge is -2.47. The summed E-state index contributed by atoms with van der Waals surface area (Å²) in [5, 5.41) is 7.33. The van der Waals surface area contributed by atoms with Crippen molar-refractivity contribution in [3.8, 4) is 0 Å². The van der Waals surface area contributed by atoms with E-state index in [9.17, 15) is 9.59 Å². The number of aromatic nitrogens is 2. The highest BCUT2D eigenvalue weighted by Crippen LogP contribution is 2.46. The van der Waals surface area contributed by atoms with Crippen LogP contribution in [-0.4, -0.2) is 53.3 Å². The molecule has 2 aliphatic rings. The minimum atomic E-state index is -0.163. The zero-order valence-corrected chi connectivity index (χ0v) is 15.9. The second-order valence-corrected chi connectivity index (χ2v) is 7.28. The van der Waals surface area contributed by atoms with Crippen LogP contribution in [0.1, 0.15) is 48.3 Å². The molecule has 1 aromatic rings. The maximum Gasteiger partial charge on any atom is 0.269 e. The largest absolute Gasteiger partial charge is 0.383 e. The van der Waals surface area contributed by atoms with Gasteiger partial charge in [0.1, 0.15) is 5.69 Å². The summed E-state index contributed by atoms with van der Waals surface area (Å²) in [4.78, 5) is 26.9. The van der Waals surface area contributed by atoms with Crippen molar-refractivity contribution in [2.24, 2.45) is 12.5 Å². The molecule has 0 saturated carbocycles. The number of nitrogens with one attached hydrogen (secondary N) is 1. The Balaban J connectivity index is 1.77. The molecule has 1 unspecified atom stereocenters. The van der Waals surface area contributed by atoms with Crippen molar-refractivity contribution in [2.45, 2.75) is 39.0 Å². The smallest absolute Gasteiger partial charge is 0.269 e. The van der Waals surface area contributed by atoms with E-state index in [1.807, 2.05) is 11.8 Å². The zero-order valence-electron chi connectivity index (χ0n) is 15.9. The van der Waals surface area contributed by atoms with Gasteiger partial charge in [-0.1, -0.05) is 6.08 Å². The Kier molecular flexibility index (Phi) is 5.46. The molecular weight excluding hydrogens is 332 g/mol. The molecule has 1 aliphatic carbocycles. The Labute approximate surface area is 154 Å². The van der Waals surface area contributed by atoms with Crippen LogP contribution in [0.15, 0.2) is 17.8 Å². The number of aryl methyl sites for hydroxylation is 2. The summed E-state index contributed by atoms with van der Waals surface area (Å²) in [7, 11) is 3.42. The van der Waals surface area contributed by atoms with Crippen molar-refractivity contribution >= 4 is 11.8 Å². The number of rotatable bonds is 6. The van der Waals surface area contributed by atoms with Gasteiger partial charge in [0.25, 0.3) is 5.91 Å². The van der Waals surface area contributed by atoms with E-state index in [2.05, 4.69) is 16.5 Å². The fourth-order valence-electron chi connectivity index (χ4n) is 4.15. The topological polar surface area (TPSA) is 76.5 Å². The van der Waals surface area contributed by atoms with Gasteiger partial charge in [0.2, 0.25) is 5.91 Å². The van der Waals surface area contributed by atoms with Crippen LogP contribution in [0.4, 0.5) is 0 Å². The van der Waals surface area contributed by atoms with Gasteiger partial charge in [-0.3, -0.25) is 14.3 Å². The van der Waals surface area contributed by atoms with Crippen molar-refractivity contribution < 1.29 is 14.3 Å². The quantitative estimate of drug-likeness (QED) is 0.839. The van der Waals surface area contributed by atoms with Gasteiger partial charge >= 0.3 is 0 Å². The number of methoxy groups -OCH3 is 1. The third-order valence-electron chi connectivity index (χ3n) is 5.49. The number of hydrogen-bond acceptors (Lipinski definition) is 4. The van der Waals surface area contributed by atoms with E-state index in [1.165, 1.54) is 0 Å². The number of piperidine rings is 1. The van der Waals surface area contributed by atoms with E-state index in [4.69, 9.17) is 4.74 Å². The monoisotopic (exact) mass is 360 g/mol. The first-order chi connectivity index (χ1) is 12.5. The van der Waals surface area contributed by atoms with Crippen molar-refractivity contribution in [1.29, 1.82) is 0 Å². The Hall–Kier alpha value is -2.15. The Morgan fingerprint density at radius 1 is 1.42 bits per heavy atom. The number of fused-ring (bicyclic) bond motifs is 1. The lowest BCUT2D eigenvalue weighted by atomic mass is 9.69. The molecule has 2 amide bonds. The molecule has 3 rings (SSSR count). The average molecular weight is 360 g/mol. The first-order valence-electron chi connectivity index (χ1n) is 9.26. The van der Waals surface area contributed by atoms with E-state index in [-0.39, 0.29) is 17.2 Å². The molecule has 2 heterocycles. The number of amides is 2. The number of carbonyl (C=O) groups is 2. The Morgan fingerprint density at radius 2 is 2.23 bits per heavy atom. The molecule has 7 nitrogen and oxygen atoms in total. The summed E-state index contributed by atoms with van der Waals surface area (Å²) in [6.07, 6.45) is 6.52. The third-order valence-corrected chi connectivity index (χ3v) is 5.49. The standard InChI is InChI=1S/C19H28N4O3/c1-14-12-15(22(2)21-14)18(25)20-13-19-8-5-4-6-16(19)23(10-11-26-3)17(24)7-9-19/h6,12H,4-5,7-11,13H2,1-3H3,(H,20,25). The summed E-state index contributed by atoms with van der Waals surface area (Å²) in [5.74, 6) is 0.0344. The van der Waals surface area contributed by atoms with Crippen LogP contribution in [0.25, 0.3) is 0 Å². The van der Waals surface area contributed by atoms with Crippen molar-refractivity contribution in [2.75, 3.05) is 26.8 Å². The second-order valence-electron chi connectivity index (χ2n) is 7.28. The molecule has 1 saturated heterocycles. The molecule has 1 fully saturated rings. The summed E-state index contributed by atoms with van der Waals surface area (Å²) in [6, 6.07) is 1.79. The predicted octanol–water partition coefficient (Wildman–Crippen LogP) is 1.78. The molecule has 0 spiro atoms. The van der Waals surface area contributed by atoms with Crippen LogP contribution in [0.3, 0.4) is 0 Å². The first-order valence-corrected chi connectivity index (χ1v) is 9.26. The van der Waals surface area contributed by atoms with Gasteiger partial charge in [0.15, 0.2) is 0 Å². The highest BCUT2D eigenvalue weighted by Gasteiger charge is 2.44. The van der Waals surface area contributed by atoms with Gasteiger partial charge in [-0.15, -0.1) is 0 Å². The van der Waals surface area contributed by atoms with Crippen LogP contribution in [-0.2, 0) is 16.6 Å². The minimum absolute atomic E-state index is 0.118. The van der Waals surface area contributed by atoms with Gasteiger partial charge < -0.3 is 15.0 Å². The van der Waals surface area contributed by atoms with Gasteiger partial charge in [0.05, 0.1) is 12.3 Å². The minimum Gasteiger partial charge on any atom is -0.383 e. The molecule has 7 heteroatoms. The van der Waals surface area contributed by atoms with E-state index in [1.54, 1.807) is 24.9 Å². The third kappa shape index (κ3) is 3.53. The number of hydrogen-bond donors (Lipinski definition) is 1. The first kappa shape index (κ1) is 18.6. The lowest BCUT2D eigenvalue weighted by Crippen LogP contribution is -2.51. The number of carbonyl (C=O) groups excluding carboxylic acids is 2. The molecule has 142 valence electrons. The van der Waals surface area contributed by atoms with Crippen molar-refractivity contribution in [3.05, 3.63) is 29.2 Å². The molecule has 26 heavy (non-hydrogen) atoms. The van der Waals surface area contributed by atoms with E-state index < -0.39 is 0 Å². The summed E-state index contributed by atoms with van der Waals surface area (Å²) in [5.41, 5.74) is 2.29. The van der Waals surface area contributed by atoms with Crippen LogP contribution in [0.5, 0.6) is 0 Å². The van der Waals surface area contributed by atoms with Crippen LogP contribution in [0.2, 0.25) is 0 Å². The fourth-order valence-corrected chi connectivity index (χ4v) is 4.15. The maximum atomic E-state index is 12.6. The number of likely N-dealkylation sites (tertiary alicyclic amines) is 1. The van der Waals surface area contributed by atoms with Crippen molar-refractivity contribution in [1.82, 2.24) is 20.0 Å².